The summed E-state index contributed by atoms with van der Waals surface area (Å²) in [7, 11) is 0. The molecule has 1 unspecified atom stereocenters. The second-order valence-electron chi connectivity index (χ2n) is 11.4. The first kappa shape index (κ1) is 30.8. The number of nitrogens with zero attached hydrogens (tertiary/aromatic N) is 2. The summed E-state index contributed by atoms with van der Waals surface area (Å²) in [4.78, 5) is 42.8. The molecule has 2 fully saturated rings. The van der Waals surface area contributed by atoms with Gasteiger partial charge in [0, 0.05) is 24.7 Å². The van der Waals surface area contributed by atoms with Gasteiger partial charge in [-0.3, -0.25) is 4.79 Å². The zero-order valence-electron chi connectivity index (χ0n) is 23.9. The highest BCUT2D eigenvalue weighted by molar-refractivity contribution is 5.94. The van der Waals surface area contributed by atoms with Crippen molar-refractivity contribution < 1.29 is 46.9 Å². The molecule has 1 saturated heterocycles. The van der Waals surface area contributed by atoms with E-state index in [2.05, 4.69) is 20.4 Å². The van der Waals surface area contributed by atoms with E-state index in [0.29, 0.717) is 30.9 Å². The van der Waals surface area contributed by atoms with Gasteiger partial charge < -0.3 is 39.3 Å². The Balaban J connectivity index is 1.61. The van der Waals surface area contributed by atoms with Crippen LogP contribution in [0.1, 0.15) is 75.7 Å². The number of carbonyl (C=O) groups excluding carboxylic acids is 2. The van der Waals surface area contributed by atoms with Gasteiger partial charge in [-0.25, -0.2) is 14.6 Å². The number of ether oxygens (including phenoxy) is 3. The number of oxazole rings is 1. The highest BCUT2D eigenvalue weighted by Crippen LogP contribution is 2.37. The average molecular weight is 595 g/mol. The van der Waals surface area contributed by atoms with E-state index >= 15 is 0 Å². The summed E-state index contributed by atoms with van der Waals surface area (Å²) in [6, 6.07) is 3.06. The number of halogens is 2. The fourth-order valence-electron chi connectivity index (χ4n) is 4.37. The molecule has 12 nitrogen and oxygen atoms in total. The lowest BCUT2D eigenvalue weighted by Crippen LogP contribution is -2.46. The predicted octanol–water partition coefficient (Wildman–Crippen LogP) is 5.19. The molecule has 1 atom stereocenters. The molecule has 1 aliphatic carbocycles. The molecule has 2 heterocycles. The Morgan fingerprint density at radius 1 is 1.14 bits per heavy atom. The molecular weight excluding hydrogens is 558 g/mol. The normalized spacial score (nSPS) is 16.6. The fourth-order valence-corrected chi connectivity index (χ4v) is 4.37. The van der Waals surface area contributed by atoms with Gasteiger partial charge >= 0.3 is 18.8 Å². The Labute approximate surface area is 241 Å². The summed E-state index contributed by atoms with van der Waals surface area (Å²) in [6.07, 6.45) is 1.06. The van der Waals surface area contributed by atoms with Gasteiger partial charge in [-0.2, -0.15) is 8.78 Å². The lowest BCUT2D eigenvalue weighted by molar-refractivity contribution is -0.0515. The molecule has 2 aliphatic rings. The van der Waals surface area contributed by atoms with Crippen molar-refractivity contribution in [2.45, 2.75) is 77.7 Å². The zero-order chi connectivity index (χ0) is 30.6. The first-order valence-electron chi connectivity index (χ1n) is 13.8. The summed E-state index contributed by atoms with van der Waals surface area (Å²) in [5, 5.41) is 14.7. The minimum absolute atomic E-state index is 0.00597. The molecule has 0 spiro atoms. The third-order valence-corrected chi connectivity index (χ3v) is 6.67. The summed E-state index contributed by atoms with van der Waals surface area (Å²) in [5.74, 6) is -0.256. The smallest absolute Gasteiger partial charge is 0.408 e. The van der Waals surface area contributed by atoms with Crippen LogP contribution in [0.3, 0.4) is 0 Å². The standard InChI is InChI=1S/C28H36F2N4O8/c1-15(31-26(36)42-28(2,3)4)22-21(23(35)32-18-9-11-34(12-10-18)27(37)38)33-24(41-22)17-7-8-19(40-25(29)30)20(13-17)39-14-16-5-6-16/h7-8,13,15-16,18,25H,5-6,9-12,14H2,1-4H3,(H,31,36)(H,32,35)(H,37,38). The third kappa shape index (κ3) is 8.46. The van der Waals surface area contributed by atoms with Crippen molar-refractivity contribution in [3.05, 3.63) is 29.7 Å². The fraction of sp³-hybridized carbons (Fsp3) is 0.571. The van der Waals surface area contributed by atoms with Gasteiger partial charge in [0.25, 0.3) is 5.91 Å². The van der Waals surface area contributed by atoms with Crippen molar-refractivity contribution in [1.82, 2.24) is 20.5 Å². The monoisotopic (exact) mass is 594 g/mol. The molecule has 3 amide bonds. The zero-order valence-corrected chi connectivity index (χ0v) is 23.9. The first-order valence-corrected chi connectivity index (χ1v) is 13.8. The SMILES string of the molecule is CC(NC(=O)OC(C)(C)C)c1oc(-c2ccc(OC(F)F)c(OCC3CC3)c2)nc1C(=O)NC1CCN(C(=O)O)CC1. The molecule has 230 valence electrons. The maximum atomic E-state index is 13.4. The predicted molar refractivity (Wildman–Crippen MR) is 145 cm³/mol. The minimum atomic E-state index is -3.05. The molecule has 4 rings (SSSR count). The highest BCUT2D eigenvalue weighted by Gasteiger charge is 2.31. The molecule has 1 aromatic carbocycles. The van der Waals surface area contributed by atoms with E-state index in [1.807, 2.05) is 0 Å². The molecule has 42 heavy (non-hydrogen) atoms. The number of alkyl carbamates (subject to hydrolysis) is 1. The quantitative estimate of drug-likeness (QED) is 0.337. The third-order valence-electron chi connectivity index (χ3n) is 6.67. The number of aromatic nitrogens is 1. The number of amides is 3. The van der Waals surface area contributed by atoms with Crippen LogP contribution in [0, 0.1) is 5.92 Å². The molecule has 2 aromatic rings. The number of benzene rings is 1. The Hall–Kier alpha value is -4.10. The van der Waals surface area contributed by atoms with Gasteiger partial charge in [-0.05, 0) is 77.5 Å². The number of carbonyl (C=O) groups is 3. The molecule has 1 saturated carbocycles. The van der Waals surface area contributed by atoms with Crippen molar-refractivity contribution >= 4 is 18.1 Å². The van der Waals surface area contributed by atoms with Gasteiger partial charge in [0.05, 0.1) is 12.6 Å². The molecule has 0 bridgehead atoms. The maximum absolute atomic E-state index is 13.4. The van der Waals surface area contributed by atoms with Gasteiger partial charge in [-0.1, -0.05) is 0 Å². The number of hydrogen-bond donors (Lipinski definition) is 3. The van der Waals surface area contributed by atoms with E-state index in [-0.39, 0.29) is 48.0 Å². The molecule has 3 N–H and O–H groups in total. The van der Waals surface area contributed by atoms with Crippen molar-refractivity contribution in [3.8, 4) is 23.0 Å². The lowest BCUT2D eigenvalue weighted by atomic mass is 10.0. The van der Waals surface area contributed by atoms with Crippen LogP contribution in [0.4, 0.5) is 18.4 Å². The number of piperidine rings is 1. The van der Waals surface area contributed by atoms with E-state index in [1.54, 1.807) is 27.7 Å². The van der Waals surface area contributed by atoms with E-state index in [1.165, 1.54) is 23.1 Å². The van der Waals surface area contributed by atoms with Gasteiger partial charge in [0.2, 0.25) is 5.89 Å². The molecular formula is C28H36F2N4O8. The Bertz CT molecular complexity index is 1280. The van der Waals surface area contributed by atoms with Crippen molar-refractivity contribution in [2.75, 3.05) is 19.7 Å². The van der Waals surface area contributed by atoms with E-state index in [0.717, 1.165) is 12.8 Å². The van der Waals surface area contributed by atoms with Crippen LogP contribution >= 0.6 is 0 Å². The van der Waals surface area contributed by atoms with Crippen LogP contribution in [0.25, 0.3) is 11.5 Å². The maximum Gasteiger partial charge on any atom is 0.408 e. The van der Waals surface area contributed by atoms with Gasteiger partial charge in [-0.15, -0.1) is 0 Å². The summed E-state index contributed by atoms with van der Waals surface area (Å²) in [5.41, 5.74) is -0.523. The molecule has 0 radical (unpaired) electrons. The number of carboxylic acid groups (broad SMARTS) is 1. The van der Waals surface area contributed by atoms with Crippen molar-refractivity contribution in [1.29, 1.82) is 0 Å². The highest BCUT2D eigenvalue weighted by atomic mass is 19.3. The summed E-state index contributed by atoms with van der Waals surface area (Å²) < 4.78 is 47.7. The molecule has 14 heteroatoms. The number of likely N-dealkylation sites (tertiary alicyclic amines) is 1. The Morgan fingerprint density at radius 3 is 2.43 bits per heavy atom. The number of rotatable bonds is 10. The summed E-state index contributed by atoms with van der Waals surface area (Å²) in [6.45, 7) is 4.55. The van der Waals surface area contributed by atoms with Crippen LogP contribution in [0.15, 0.2) is 22.6 Å². The van der Waals surface area contributed by atoms with Gasteiger partial charge in [0.1, 0.15) is 5.60 Å². The number of hydrogen-bond acceptors (Lipinski definition) is 8. The summed E-state index contributed by atoms with van der Waals surface area (Å²) >= 11 is 0. The Kier molecular flexibility index (Phi) is 9.42. The van der Waals surface area contributed by atoms with E-state index < -0.39 is 36.3 Å². The minimum Gasteiger partial charge on any atom is -0.489 e. The lowest BCUT2D eigenvalue weighted by Gasteiger charge is -2.30. The average Bonchev–Trinajstić information content (AvgIpc) is 3.61. The second-order valence-corrected chi connectivity index (χ2v) is 11.4. The number of alkyl halides is 2. The van der Waals surface area contributed by atoms with Crippen molar-refractivity contribution in [3.63, 3.8) is 0 Å². The van der Waals surface area contributed by atoms with Crippen LogP contribution in [0.2, 0.25) is 0 Å². The number of nitrogens with one attached hydrogen (secondary N) is 2. The van der Waals surface area contributed by atoms with E-state index in [4.69, 9.17) is 13.9 Å². The Morgan fingerprint density at radius 2 is 1.83 bits per heavy atom. The molecule has 1 aromatic heterocycles. The van der Waals surface area contributed by atoms with Crippen molar-refractivity contribution in [2.24, 2.45) is 5.92 Å². The van der Waals surface area contributed by atoms with Crippen LogP contribution in [-0.4, -0.2) is 71.0 Å². The van der Waals surface area contributed by atoms with Gasteiger partial charge in [0.15, 0.2) is 23.0 Å². The van der Waals surface area contributed by atoms with Crippen LogP contribution < -0.4 is 20.1 Å². The van der Waals surface area contributed by atoms with Crippen LogP contribution in [0.5, 0.6) is 11.5 Å². The first-order chi connectivity index (χ1) is 19.8. The topological polar surface area (TPSA) is 152 Å². The van der Waals surface area contributed by atoms with Crippen LogP contribution in [-0.2, 0) is 4.74 Å². The van der Waals surface area contributed by atoms with E-state index in [9.17, 15) is 28.3 Å². The largest absolute Gasteiger partial charge is 0.489 e. The molecule has 1 aliphatic heterocycles. The second kappa shape index (κ2) is 12.8.